The first-order valence-corrected chi connectivity index (χ1v) is 11.6. The molecule has 1 amide bonds. The van der Waals surface area contributed by atoms with E-state index >= 15 is 0 Å². The summed E-state index contributed by atoms with van der Waals surface area (Å²) in [6, 6.07) is 15.7. The van der Waals surface area contributed by atoms with Gasteiger partial charge in [0.1, 0.15) is 18.1 Å². The van der Waals surface area contributed by atoms with E-state index < -0.39 is 0 Å². The number of ether oxygens (including phenoxy) is 3. The van der Waals surface area contributed by atoms with Crippen LogP contribution in [-0.4, -0.2) is 29.5 Å². The molecule has 5 rings (SSSR count). The van der Waals surface area contributed by atoms with Gasteiger partial charge in [-0.1, -0.05) is 12.1 Å². The number of carbonyl (C=O) groups is 1. The van der Waals surface area contributed by atoms with Gasteiger partial charge in [-0.3, -0.25) is 4.79 Å². The van der Waals surface area contributed by atoms with Crippen molar-refractivity contribution in [1.82, 2.24) is 9.38 Å². The maximum Gasteiger partial charge on any atom is 0.266 e. The van der Waals surface area contributed by atoms with Crippen LogP contribution in [0.2, 0.25) is 0 Å². The van der Waals surface area contributed by atoms with E-state index in [9.17, 15) is 9.18 Å². The van der Waals surface area contributed by atoms with Crippen LogP contribution in [-0.2, 0) is 18.0 Å². The van der Waals surface area contributed by atoms with Gasteiger partial charge in [-0.15, -0.1) is 11.3 Å². The van der Waals surface area contributed by atoms with Crippen LogP contribution < -0.4 is 14.8 Å². The summed E-state index contributed by atoms with van der Waals surface area (Å²) in [6.07, 6.45) is 3.81. The Kier molecular flexibility index (Phi) is 6.35. The lowest BCUT2D eigenvalue weighted by Gasteiger charge is -2.12. The van der Waals surface area contributed by atoms with Crippen molar-refractivity contribution >= 4 is 38.7 Å². The van der Waals surface area contributed by atoms with E-state index in [0.29, 0.717) is 37.7 Å². The van der Waals surface area contributed by atoms with Crippen molar-refractivity contribution in [1.29, 1.82) is 0 Å². The highest BCUT2D eigenvalue weighted by atomic mass is 32.1. The normalized spacial score (nSPS) is 11.2. The zero-order valence-electron chi connectivity index (χ0n) is 19.1. The Labute approximate surface area is 204 Å². The fraction of sp³-hybridized carbons (Fsp3) is 0.154. The van der Waals surface area contributed by atoms with E-state index in [1.165, 1.54) is 24.5 Å². The summed E-state index contributed by atoms with van der Waals surface area (Å²) in [7, 11) is 3.07. The second kappa shape index (κ2) is 9.73. The van der Waals surface area contributed by atoms with Crippen LogP contribution in [0.3, 0.4) is 0 Å². The molecule has 0 radical (unpaired) electrons. The fourth-order valence-corrected chi connectivity index (χ4v) is 5.01. The maximum atomic E-state index is 14.5. The largest absolute Gasteiger partial charge is 0.493 e. The van der Waals surface area contributed by atoms with E-state index in [-0.39, 0.29) is 24.9 Å². The molecule has 0 fully saturated rings. The van der Waals surface area contributed by atoms with Crippen molar-refractivity contribution < 1.29 is 23.4 Å². The molecule has 1 N–H and O–H groups in total. The second-order valence-corrected chi connectivity index (χ2v) is 8.81. The third-order valence-electron chi connectivity index (χ3n) is 5.47. The highest BCUT2D eigenvalue weighted by molar-refractivity contribution is 7.21. The molecule has 9 heteroatoms. The Morgan fingerprint density at radius 2 is 1.97 bits per heavy atom. The molecule has 0 saturated carbocycles. The Morgan fingerprint density at radius 1 is 1.09 bits per heavy atom. The number of amides is 1. The molecule has 0 saturated heterocycles. The molecule has 0 aliphatic carbocycles. The van der Waals surface area contributed by atoms with Crippen molar-refractivity contribution in [2.45, 2.75) is 13.2 Å². The topological polar surface area (TPSA) is 74.1 Å². The number of nitrogens with zero attached hydrogens (tertiary/aromatic N) is 2. The molecule has 0 aliphatic rings. The number of carbonyl (C=O) groups excluding carboxylic acids is 1. The molecule has 3 heterocycles. The SMILES string of the molecule is COCc1c(C(=O)Nc2ccc(OC)c(OCc3cn4ccccc4n3)c2)sc2cccc(F)c12. The first kappa shape index (κ1) is 22.8. The molecule has 0 aliphatic heterocycles. The van der Waals surface area contributed by atoms with E-state index in [0.717, 1.165) is 11.3 Å². The lowest BCUT2D eigenvalue weighted by atomic mass is 10.1. The number of aromatic nitrogens is 2. The molecule has 35 heavy (non-hydrogen) atoms. The summed E-state index contributed by atoms with van der Waals surface area (Å²) >= 11 is 1.23. The number of hydrogen-bond acceptors (Lipinski definition) is 6. The van der Waals surface area contributed by atoms with Crippen LogP contribution in [0.5, 0.6) is 11.5 Å². The number of methoxy groups -OCH3 is 2. The first-order chi connectivity index (χ1) is 17.1. The minimum absolute atomic E-state index is 0.125. The van der Waals surface area contributed by atoms with Crippen molar-refractivity contribution in [3.8, 4) is 11.5 Å². The molecular weight excluding hydrogens is 469 g/mol. The minimum atomic E-state index is -0.378. The van der Waals surface area contributed by atoms with Gasteiger partial charge in [0.25, 0.3) is 5.91 Å². The average Bonchev–Trinajstić information content (AvgIpc) is 3.45. The van der Waals surface area contributed by atoms with E-state index in [2.05, 4.69) is 10.3 Å². The predicted octanol–water partition coefficient (Wildman–Crippen LogP) is 5.67. The lowest BCUT2D eigenvalue weighted by Crippen LogP contribution is -2.13. The van der Waals surface area contributed by atoms with Crippen LogP contribution in [0.25, 0.3) is 15.7 Å². The van der Waals surface area contributed by atoms with Crippen LogP contribution in [0.4, 0.5) is 10.1 Å². The highest BCUT2D eigenvalue weighted by Crippen LogP contribution is 2.35. The van der Waals surface area contributed by atoms with Crippen molar-refractivity contribution in [2.24, 2.45) is 0 Å². The van der Waals surface area contributed by atoms with Gasteiger partial charge < -0.3 is 23.9 Å². The standard InChI is InChI=1S/C26H22FN3O4S/c1-32-15-18-24-19(27)6-5-7-22(24)35-25(18)26(31)29-16-9-10-20(33-2)21(12-16)34-14-17-13-30-11-4-3-8-23(30)28-17/h3-13H,14-15H2,1-2H3,(H,29,31). The highest BCUT2D eigenvalue weighted by Gasteiger charge is 2.21. The number of anilines is 1. The van der Waals surface area contributed by atoms with Gasteiger partial charge in [-0.2, -0.15) is 0 Å². The molecule has 7 nitrogen and oxygen atoms in total. The Balaban J connectivity index is 1.39. The van der Waals surface area contributed by atoms with Gasteiger partial charge in [0.15, 0.2) is 11.5 Å². The summed E-state index contributed by atoms with van der Waals surface area (Å²) in [5.74, 6) is 0.253. The maximum absolute atomic E-state index is 14.5. The number of thiophene rings is 1. The second-order valence-electron chi connectivity index (χ2n) is 7.76. The molecular formula is C26H22FN3O4S. The van der Waals surface area contributed by atoms with Crippen LogP contribution in [0, 0.1) is 5.82 Å². The quantitative estimate of drug-likeness (QED) is 0.303. The lowest BCUT2D eigenvalue weighted by molar-refractivity contribution is 0.102. The van der Waals surface area contributed by atoms with Crippen LogP contribution in [0.15, 0.2) is 67.0 Å². The number of hydrogen-bond donors (Lipinski definition) is 1. The third kappa shape index (κ3) is 4.55. The Morgan fingerprint density at radius 3 is 2.77 bits per heavy atom. The van der Waals surface area contributed by atoms with E-state index in [1.807, 2.05) is 35.0 Å². The smallest absolute Gasteiger partial charge is 0.266 e. The number of rotatable bonds is 8. The number of nitrogens with one attached hydrogen (secondary N) is 1. The van der Waals surface area contributed by atoms with Gasteiger partial charge in [0, 0.05) is 46.9 Å². The predicted molar refractivity (Wildman–Crippen MR) is 133 cm³/mol. The zero-order valence-corrected chi connectivity index (χ0v) is 19.9. The minimum Gasteiger partial charge on any atom is -0.493 e. The van der Waals surface area contributed by atoms with Gasteiger partial charge in [-0.25, -0.2) is 9.37 Å². The van der Waals surface area contributed by atoms with E-state index in [4.69, 9.17) is 14.2 Å². The third-order valence-corrected chi connectivity index (χ3v) is 6.67. The first-order valence-electron chi connectivity index (χ1n) is 10.8. The summed E-state index contributed by atoms with van der Waals surface area (Å²) in [6.45, 7) is 0.350. The Bertz CT molecular complexity index is 1500. The van der Waals surface area contributed by atoms with Gasteiger partial charge in [-0.05, 0) is 36.4 Å². The van der Waals surface area contributed by atoms with Crippen LogP contribution in [0.1, 0.15) is 20.9 Å². The van der Waals surface area contributed by atoms with Gasteiger partial charge in [0.05, 0.1) is 24.3 Å². The summed E-state index contributed by atoms with van der Waals surface area (Å²) in [5, 5.41) is 3.30. The summed E-state index contributed by atoms with van der Waals surface area (Å²) < 4.78 is 33.7. The van der Waals surface area contributed by atoms with Crippen molar-refractivity contribution in [3.05, 3.63) is 88.9 Å². The van der Waals surface area contributed by atoms with Gasteiger partial charge in [0.2, 0.25) is 0 Å². The number of benzene rings is 2. The molecule has 0 bridgehead atoms. The molecule has 0 unspecified atom stereocenters. The number of imidazole rings is 1. The molecule has 3 aromatic heterocycles. The Hall–Kier alpha value is -3.95. The van der Waals surface area contributed by atoms with E-state index in [1.54, 1.807) is 37.4 Å². The molecule has 5 aromatic rings. The average molecular weight is 492 g/mol. The fourth-order valence-electron chi connectivity index (χ4n) is 3.90. The zero-order chi connectivity index (χ0) is 24.4. The van der Waals surface area contributed by atoms with Crippen molar-refractivity contribution in [2.75, 3.05) is 19.5 Å². The summed E-state index contributed by atoms with van der Waals surface area (Å²) in [4.78, 5) is 18.1. The van der Waals surface area contributed by atoms with Gasteiger partial charge >= 0.3 is 0 Å². The summed E-state index contributed by atoms with van der Waals surface area (Å²) in [5.41, 5.74) is 2.62. The monoisotopic (exact) mass is 491 g/mol. The molecule has 0 spiro atoms. The number of fused-ring (bicyclic) bond motifs is 2. The molecule has 0 atom stereocenters. The molecule has 178 valence electrons. The number of pyridine rings is 1. The van der Waals surface area contributed by atoms with Crippen LogP contribution >= 0.6 is 11.3 Å². The van der Waals surface area contributed by atoms with Crippen molar-refractivity contribution in [3.63, 3.8) is 0 Å². The number of halogens is 1. The molecule has 2 aromatic carbocycles.